The molecule has 2 aromatic rings. The minimum Gasteiger partial charge on any atom is -0.862 e. The molecule has 0 atom stereocenters. The summed E-state index contributed by atoms with van der Waals surface area (Å²) in [5.41, 5.74) is 0.827. The zero-order chi connectivity index (χ0) is 11.5. The summed E-state index contributed by atoms with van der Waals surface area (Å²) >= 11 is 0. The lowest BCUT2D eigenvalue weighted by Crippen LogP contribution is -2.31. The molecule has 0 bridgehead atoms. The van der Waals surface area contributed by atoms with Gasteiger partial charge in [0.05, 0.1) is 5.69 Å². The van der Waals surface area contributed by atoms with Crippen molar-refractivity contribution in [3.8, 4) is 5.69 Å². The fraction of sp³-hybridized carbons (Fsp3) is 0.100. The van der Waals surface area contributed by atoms with Gasteiger partial charge in [0.2, 0.25) is 5.69 Å². The Labute approximate surface area is 90.4 Å². The topological polar surface area (TPSA) is 85.3 Å². The van der Waals surface area contributed by atoms with E-state index in [1.807, 2.05) is 0 Å². The van der Waals surface area contributed by atoms with Crippen molar-refractivity contribution in [2.75, 3.05) is 0 Å². The smallest absolute Gasteiger partial charge is 0.427 e. The molecular weight excluding hydrogens is 210 g/mol. The average molecular weight is 219 g/mol. The van der Waals surface area contributed by atoms with Crippen molar-refractivity contribution in [1.82, 2.24) is 5.27 Å². The van der Waals surface area contributed by atoms with Gasteiger partial charge in [0.25, 0.3) is 6.20 Å². The molecule has 1 aromatic heterocycles. The molecule has 1 N–H and O–H groups in total. The Bertz CT molecular complexity index is 561. The Morgan fingerprint density at radius 1 is 1.44 bits per heavy atom. The molecule has 1 heterocycles. The summed E-state index contributed by atoms with van der Waals surface area (Å²) in [7, 11) is 0. The molecular formula is C10H9N3O3. The lowest BCUT2D eigenvalue weighted by Gasteiger charge is -2.01. The maximum absolute atomic E-state index is 10.8. The molecule has 0 saturated carbocycles. The first-order chi connectivity index (χ1) is 7.65. The number of benzene rings is 1. The van der Waals surface area contributed by atoms with Crippen LogP contribution in [0.3, 0.4) is 0 Å². The molecule has 0 aliphatic rings. The van der Waals surface area contributed by atoms with Crippen LogP contribution in [0, 0.1) is 0 Å². The van der Waals surface area contributed by atoms with Crippen LogP contribution >= 0.6 is 0 Å². The van der Waals surface area contributed by atoms with Crippen LogP contribution in [0.5, 0.6) is 0 Å². The van der Waals surface area contributed by atoms with Crippen molar-refractivity contribution in [1.29, 1.82) is 0 Å². The molecule has 0 amide bonds. The quantitative estimate of drug-likeness (QED) is 0.425. The Balaban J connectivity index is 2.33. The number of hydrogen-bond acceptors (Lipinski definition) is 4. The van der Waals surface area contributed by atoms with Crippen LogP contribution < -0.4 is 15.4 Å². The molecule has 82 valence electrons. The van der Waals surface area contributed by atoms with Crippen LogP contribution in [0.25, 0.3) is 5.69 Å². The van der Waals surface area contributed by atoms with Gasteiger partial charge in [0.15, 0.2) is 0 Å². The third-order valence-electron chi connectivity index (χ3n) is 1.89. The number of nitrogens with zero attached hydrogens (tertiary/aromatic N) is 2. The Morgan fingerprint density at radius 3 is 2.62 bits per heavy atom. The normalized spacial score (nSPS) is 11.7. The van der Waals surface area contributed by atoms with Crippen molar-refractivity contribution >= 4 is 11.6 Å². The van der Waals surface area contributed by atoms with Gasteiger partial charge in [-0.1, -0.05) is 0 Å². The minimum absolute atomic E-state index is 0.253. The molecule has 0 saturated heterocycles. The highest BCUT2D eigenvalue weighted by molar-refractivity contribution is 5.72. The van der Waals surface area contributed by atoms with Crippen LogP contribution in [-0.2, 0) is 0 Å². The van der Waals surface area contributed by atoms with E-state index in [2.05, 4.69) is 14.8 Å². The number of aromatic amines is 1. The van der Waals surface area contributed by atoms with Crippen molar-refractivity contribution in [2.24, 2.45) is 4.99 Å². The van der Waals surface area contributed by atoms with Gasteiger partial charge in [0.1, 0.15) is 0 Å². The summed E-state index contributed by atoms with van der Waals surface area (Å²) in [6.07, 6.45) is 1.27. The van der Waals surface area contributed by atoms with Gasteiger partial charge >= 0.3 is 5.63 Å². The first-order valence-electron chi connectivity index (χ1n) is 4.58. The van der Waals surface area contributed by atoms with Crippen LogP contribution in [0.1, 0.15) is 6.92 Å². The molecule has 0 aliphatic carbocycles. The van der Waals surface area contributed by atoms with Gasteiger partial charge in [-0.3, -0.25) is 9.52 Å². The highest BCUT2D eigenvalue weighted by Gasteiger charge is 2.09. The van der Waals surface area contributed by atoms with Crippen LogP contribution in [0.2, 0.25) is 0 Å². The number of aliphatic imine (C=N–C) groups is 1. The molecule has 0 unspecified atom stereocenters. The first kappa shape index (κ1) is 10.2. The van der Waals surface area contributed by atoms with E-state index in [9.17, 15) is 9.90 Å². The van der Waals surface area contributed by atoms with E-state index in [1.165, 1.54) is 17.8 Å². The van der Waals surface area contributed by atoms with Gasteiger partial charge < -0.3 is 5.11 Å². The van der Waals surface area contributed by atoms with E-state index in [0.717, 1.165) is 0 Å². The van der Waals surface area contributed by atoms with E-state index < -0.39 is 5.63 Å². The van der Waals surface area contributed by atoms with E-state index in [-0.39, 0.29) is 5.90 Å². The van der Waals surface area contributed by atoms with E-state index in [1.54, 1.807) is 24.3 Å². The minimum atomic E-state index is -0.461. The lowest BCUT2D eigenvalue weighted by molar-refractivity contribution is -0.670. The van der Waals surface area contributed by atoms with Crippen molar-refractivity contribution < 1.29 is 14.3 Å². The van der Waals surface area contributed by atoms with Gasteiger partial charge in [-0.2, -0.15) is 0 Å². The number of nitrogens with one attached hydrogen (secondary N) is 1. The van der Waals surface area contributed by atoms with E-state index in [0.29, 0.717) is 11.4 Å². The zero-order valence-corrected chi connectivity index (χ0v) is 8.51. The third kappa shape index (κ3) is 2.17. The van der Waals surface area contributed by atoms with Crippen molar-refractivity contribution in [2.45, 2.75) is 6.92 Å². The van der Waals surface area contributed by atoms with Crippen molar-refractivity contribution in [3.63, 3.8) is 0 Å². The standard InChI is InChI=1S/C10H9N3O3/c1-7(14)11-8-2-4-9(5-3-8)13-6-10(15)16-12-13/h2-6H,1H3,(H-,11,12,14,15). The maximum Gasteiger partial charge on any atom is 0.427 e. The second-order valence-corrected chi connectivity index (χ2v) is 3.16. The molecule has 16 heavy (non-hydrogen) atoms. The summed E-state index contributed by atoms with van der Waals surface area (Å²) in [6.45, 7) is 1.39. The number of H-pyrrole nitrogens is 1. The van der Waals surface area contributed by atoms with Crippen molar-refractivity contribution in [3.05, 3.63) is 40.9 Å². The van der Waals surface area contributed by atoms with Gasteiger partial charge in [0, 0.05) is 12.1 Å². The predicted molar refractivity (Wildman–Crippen MR) is 53.6 cm³/mol. The maximum atomic E-state index is 10.8. The Kier molecular flexibility index (Phi) is 2.55. The summed E-state index contributed by atoms with van der Waals surface area (Å²) in [5, 5.41) is 13.2. The molecule has 0 aliphatic heterocycles. The molecule has 6 nitrogen and oxygen atoms in total. The molecule has 1 aromatic carbocycles. The largest absolute Gasteiger partial charge is 0.862 e. The third-order valence-corrected chi connectivity index (χ3v) is 1.89. The summed E-state index contributed by atoms with van der Waals surface area (Å²) in [4.78, 5) is 14.6. The van der Waals surface area contributed by atoms with E-state index >= 15 is 0 Å². The van der Waals surface area contributed by atoms with Gasteiger partial charge in [-0.15, -0.1) is 0 Å². The molecule has 0 radical (unpaired) electrons. The predicted octanol–water partition coefficient (Wildman–Crippen LogP) is -0.345. The Hall–Kier alpha value is -2.37. The van der Waals surface area contributed by atoms with Gasteiger partial charge in [-0.25, -0.2) is 4.79 Å². The van der Waals surface area contributed by atoms with Crippen LogP contribution in [0.15, 0.2) is 44.8 Å². The fourth-order valence-corrected chi connectivity index (χ4v) is 1.25. The van der Waals surface area contributed by atoms with Crippen LogP contribution in [-0.4, -0.2) is 11.2 Å². The summed E-state index contributed by atoms with van der Waals surface area (Å²) in [5.74, 6) is -0.253. The highest BCUT2D eigenvalue weighted by atomic mass is 16.5. The Morgan fingerprint density at radius 2 is 2.12 bits per heavy atom. The number of aromatic nitrogens is 2. The first-order valence-corrected chi connectivity index (χ1v) is 4.58. The van der Waals surface area contributed by atoms with E-state index in [4.69, 9.17) is 0 Å². The summed E-state index contributed by atoms with van der Waals surface area (Å²) < 4.78 is 5.95. The lowest BCUT2D eigenvalue weighted by atomic mass is 10.3. The average Bonchev–Trinajstić information content (AvgIpc) is 2.65. The number of hydrogen-bond donors (Lipinski definition) is 1. The fourth-order valence-electron chi connectivity index (χ4n) is 1.25. The second-order valence-electron chi connectivity index (χ2n) is 3.16. The SMILES string of the molecule is CC([O-])=Nc1ccc(-[n+]2cc(=O)o[nH]2)cc1. The van der Waals surface area contributed by atoms with Crippen LogP contribution in [0.4, 0.5) is 5.69 Å². The highest BCUT2D eigenvalue weighted by Crippen LogP contribution is 2.12. The zero-order valence-electron chi connectivity index (χ0n) is 8.51. The summed E-state index contributed by atoms with van der Waals surface area (Å²) in [6, 6.07) is 6.78. The second kappa shape index (κ2) is 4.01. The molecule has 2 rings (SSSR count). The molecule has 0 fully saturated rings. The molecule has 6 heteroatoms. The molecule has 0 spiro atoms. The monoisotopic (exact) mass is 219 g/mol. The number of rotatable bonds is 2. The van der Waals surface area contributed by atoms with Gasteiger partial charge in [-0.05, 0) is 34.9 Å².